The van der Waals surface area contributed by atoms with E-state index in [0.29, 0.717) is 16.8 Å². The lowest BCUT2D eigenvalue weighted by Gasteiger charge is -2.13. The highest BCUT2D eigenvalue weighted by Crippen LogP contribution is 2.29. The second-order valence-electron chi connectivity index (χ2n) is 6.99. The van der Waals surface area contributed by atoms with Gasteiger partial charge in [0.2, 0.25) is 0 Å². The molecule has 1 N–H and O–H groups in total. The van der Waals surface area contributed by atoms with E-state index in [1.807, 2.05) is 55.6 Å². The molecule has 0 bridgehead atoms. The van der Waals surface area contributed by atoms with Gasteiger partial charge in [-0.3, -0.25) is 4.79 Å². The predicted molar refractivity (Wildman–Crippen MR) is 121 cm³/mol. The minimum absolute atomic E-state index is 0.381. The summed E-state index contributed by atoms with van der Waals surface area (Å²) in [6.07, 6.45) is 0.388. The minimum atomic E-state index is -0.941. The molecule has 152 valence electrons. The average Bonchev–Trinajstić information content (AvgIpc) is 3.37. The van der Waals surface area contributed by atoms with Crippen molar-refractivity contribution in [2.75, 3.05) is 0 Å². The largest absolute Gasteiger partial charge is 0.480 e. The summed E-state index contributed by atoms with van der Waals surface area (Å²) >= 11 is 2.96. The second kappa shape index (κ2) is 8.38. The molecule has 2 aromatic heterocycles. The van der Waals surface area contributed by atoms with E-state index in [1.165, 1.54) is 11.3 Å². The van der Waals surface area contributed by atoms with Crippen LogP contribution in [0.25, 0.3) is 21.3 Å². The number of carbonyl (C=O) groups is 2. The normalized spacial score (nSPS) is 12.9. The number of aryl methyl sites for hydroxylation is 1. The molecule has 7 heteroatoms. The van der Waals surface area contributed by atoms with Gasteiger partial charge in [-0.05, 0) is 65.6 Å². The lowest BCUT2D eigenvalue weighted by molar-refractivity contribution is -0.140. The molecule has 4 aromatic rings. The SMILES string of the molecule is CCC(C(=O)O)n1/c(=N/C(=O)c2ccc(C)cc2)sc2cc(-c3ccsc3)ccc21. The monoisotopic (exact) mass is 436 g/mol. The number of rotatable bonds is 5. The molecular weight excluding hydrogens is 416 g/mol. The van der Waals surface area contributed by atoms with E-state index in [4.69, 9.17) is 0 Å². The Labute approximate surface area is 181 Å². The van der Waals surface area contributed by atoms with Gasteiger partial charge in [0.25, 0.3) is 5.91 Å². The fourth-order valence-corrected chi connectivity index (χ4v) is 5.12. The maximum Gasteiger partial charge on any atom is 0.326 e. The number of carboxylic acid groups (broad SMARTS) is 1. The summed E-state index contributed by atoms with van der Waals surface area (Å²) in [6, 6.07) is 14.4. The number of aromatic nitrogens is 1. The van der Waals surface area contributed by atoms with Crippen LogP contribution in [0.4, 0.5) is 0 Å². The summed E-state index contributed by atoms with van der Waals surface area (Å²) < 4.78 is 2.57. The number of aliphatic carboxylic acids is 1. The van der Waals surface area contributed by atoms with Crippen molar-refractivity contribution in [2.45, 2.75) is 26.3 Å². The Kier molecular flexibility index (Phi) is 5.65. The van der Waals surface area contributed by atoms with Crippen LogP contribution < -0.4 is 4.80 Å². The van der Waals surface area contributed by atoms with Gasteiger partial charge >= 0.3 is 5.97 Å². The van der Waals surface area contributed by atoms with Crippen molar-refractivity contribution in [3.05, 3.63) is 75.2 Å². The van der Waals surface area contributed by atoms with E-state index in [2.05, 4.69) is 10.4 Å². The molecule has 2 aromatic carbocycles. The molecule has 4 rings (SSSR count). The number of carboxylic acids is 1. The number of nitrogens with zero attached hydrogens (tertiary/aromatic N) is 2. The zero-order valence-corrected chi connectivity index (χ0v) is 18.2. The second-order valence-corrected chi connectivity index (χ2v) is 8.78. The average molecular weight is 437 g/mol. The van der Waals surface area contributed by atoms with Crippen molar-refractivity contribution < 1.29 is 14.7 Å². The Morgan fingerprint density at radius 2 is 1.87 bits per heavy atom. The quantitative estimate of drug-likeness (QED) is 0.448. The Balaban J connectivity index is 1.91. The first-order chi connectivity index (χ1) is 14.5. The molecule has 2 heterocycles. The van der Waals surface area contributed by atoms with E-state index in [1.54, 1.807) is 28.0 Å². The van der Waals surface area contributed by atoms with Crippen LogP contribution in [-0.4, -0.2) is 21.6 Å². The Morgan fingerprint density at radius 3 is 2.50 bits per heavy atom. The number of hydrogen-bond acceptors (Lipinski definition) is 4. The molecule has 0 saturated heterocycles. The lowest BCUT2D eigenvalue weighted by Crippen LogP contribution is -2.27. The Bertz CT molecular complexity index is 1280. The van der Waals surface area contributed by atoms with Gasteiger partial charge in [-0.1, -0.05) is 42.0 Å². The summed E-state index contributed by atoms with van der Waals surface area (Å²) in [6.45, 7) is 3.77. The molecule has 0 radical (unpaired) electrons. The van der Waals surface area contributed by atoms with Crippen LogP contribution in [0.1, 0.15) is 35.3 Å². The molecule has 1 amide bonds. The third-order valence-corrected chi connectivity index (χ3v) is 6.66. The highest BCUT2D eigenvalue weighted by Gasteiger charge is 2.22. The molecule has 5 nitrogen and oxygen atoms in total. The van der Waals surface area contributed by atoms with Gasteiger partial charge in [0.15, 0.2) is 4.80 Å². The van der Waals surface area contributed by atoms with Crippen LogP contribution in [0.15, 0.2) is 64.3 Å². The Morgan fingerprint density at radius 1 is 1.10 bits per heavy atom. The maximum atomic E-state index is 12.8. The highest BCUT2D eigenvalue weighted by atomic mass is 32.1. The van der Waals surface area contributed by atoms with Gasteiger partial charge in [0, 0.05) is 5.56 Å². The van der Waals surface area contributed by atoms with Crippen molar-refractivity contribution in [2.24, 2.45) is 4.99 Å². The van der Waals surface area contributed by atoms with E-state index in [9.17, 15) is 14.7 Å². The fraction of sp³-hybridized carbons (Fsp3) is 0.174. The van der Waals surface area contributed by atoms with Crippen LogP contribution in [0.3, 0.4) is 0 Å². The van der Waals surface area contributed by atoms with Gasteiger partial charge in [0.1, 0.15) is 6.04 Å². The first-order valence-corrected chi connectivity index (χ1v) is 11.3. The maximum absolute atomic E-state index is 12.8. The summed E-state index contributed by atoms with van der Waals surface area (Å²) in [5, 5.41) is 13.9. The lowest BCUT2D eigenvalue weighted by atomic mass is 10.1. The van der Waals surface area contributed by atoms with E-state index >= 15 is 0 Å². The van der Waals surface area contributed by atoms with Crippen molar-refractivity contribution in [1.29, 1.82) is 0 Å². The van der Waals surface area contributed by atoms with Crippen molar-refractivity contribution in [3.8, 4) is 11.1 Å². The van der Waals surface area contributed by atoms with Gasteiger partial charge in [-0.25, -0.2) is 4.79 Å². The minimum Gasteiger partial charge on any atom is -0.480 e. The molecule has 1 unspecified atom stereocenters. The smallest absolute Gasteiger partial charge is 0.326 e. The molecule has 0 spiro atoms. The fourth-order valence-electron chi connectivity index (χ4n) is 3.35. The standard InChI is InChI=1S/C23H20N2O3S2/c1-3-18(22(27)28)25-19-9-8-16(17-10-11-29-13-17)12-20(19)30-23(25)24-21(26)15-6-4-14(2)5-7-15/h4-13,18H,3H2,1-2H3,(H,27,28)/b24-23-. The number of carbonyl (C=O) groups excluding carboxylic acids is 1. The summed E-state index contributed by atoms with van der Waals surface area (Å²) in [5.74, 6) is -1.32. The molecule has 0 aliphatic rings. The van der Waals surface area contributed by atoms with E-state index in [-0.39, 0.29) is 5.91 Å². The van der Waals surface area contributed by atoms with Crippen LogP contribution in [0.2, 0.25) is 0 Å². The zero-order chi connectivity index (χ0) is 21.3. The molecule has 0 aliphatic carbocycles. The third kappa shape index (κ3) is 3.86. The van der Waals surface area contributed by atoms with Gasteiger partial charge in [-0.15, -0.1) is 0 Å². The van der Waals surface area contributed by atoms with Gasteiger partial charge in [0.05, 0.1) is 10.2 Å². The summed E-state index contributed by atoms with van der Waals surface area (Å²) in [5.41, 5.74) is 4.47. The summed E-state index contributed by atoms with van der Waals surface area (Å²) in [7, 11) is 0. The topological polar surface area (TPSA) is 71.7 Å². The molecule has 0 saturated carbocycles. The van der Waals surface area contributed by atoms with Crippen LogP contribution in [0.5, 0.6) is 0 Å². The molecular formula is C23H20N2O3S2. The number of benzene rings is 2. The number of thiophene rings is 1. The van der Waals surface area contributed by atoms with Crippen molar-refractivity contribution in [1.82, 2.24) is 4.57 Å². The number of amides is 1. The van der Waals surface area contributed by atoms with Gasteiger partial charge < -0.3 is 9.67 Å². The first kappa shape index (κ1) is 20.3. The van der Waals surface area contributed by atoms with Crippen LogP contribution in [-0.2, 0) is 4.79 Å². The summed E-state index contributed by atoms with van der Waals surface area (Å²) in [4.78, 5) is 29.4. The first-order valence-electron chi connectivity index (χ1n) is 9.54. The highest BCUT2D eigenvalue weighted by molar-refractivity contribution is 7.16. The van der Waals surface area contributed by atoms with Crippen LogP contribution in [0, 0.1) is 6.92 Å². The molecule has 0 aliphatic heterocycles. The van der Waals surface area contributed by atoms with E-state index < -0.39 is 12.0 Å². The predicted octanol–water partition coefficient (Wildman–Crippen LogP) is 5.52. The third-order valence-electron chi connectivity index (χ3n) is 4.96. The van der Waals surface area contributed by atoms with Crippen molar-refractivity contribution >= 4 is 44.8 Å². The number of fused-ring (bicyclic) bond motifs is 1. The number of hydrogen-bond donors (Lipinski definition) is 1. The van der Waals surface area contributed by atoms with Crippen molar-refractivity contribution in [3.63, 3.8) is 0 Å². The van der Waals surface area contributed by atoms with Crippen LogP contribution >= 0.6 is 22.7 Å². The molecule has 0 fully saturated rings. The Hall–Kier alpha value is -3.03. The molecule has 1 atom stereocenters. The molecule has 30 heavy (non-hydrogen) atoms. The number of thiazole rings is 1. The zero-order valence-electron chi connectivity index (χ0n) is 16.5. The van der Waals surface area contributed by atoms with E-state index in [0.717, 1.165) is 26.9 Å². The van der Waals surface area contributed by atoms with Gasteiger partial charge in [-0.2, -0.15) is 16.3 Å².